The zero-order chi connectivity index (χ0) is 27.7. The molecule has 1 N–H and O–H groups in total. The van der Waals surface area contributed by atoms with Crippen LogP contribution in [0.5, 0.6) is 0 Å². The number of hydrogen-bond donors (Lipinski definition) is 1. The number of piperidine rings is 1. The Morgan fingerprint density at radius 2 is 1.74 bits per heavy atom. The molecule has 0 saturated carbocycles. The number of piperazine rings is 1. The van der Waals surface area contributed by atoms with E-state index in [2.05, 4.69) is 41.4 Å². The molecule has 0 spiro atoms. The lowest BCUT2D eigenvalue weighted by Crippen LogP contribution is -2.44. The molecule has 39 heavy (non-hydrogen) atoms. The van der Waals surface area contributed by atoms with E-state index in [1.54, 1.807) is 24.9 Å². The van der Waals surface area contributed by atoms with Crippen molar-refractivity contribution in [3.8, 4) is 17.1 Å². The summed E-state index contributed by atoms with van der Waals surface area (Å²) in [6.45, 7) is 6.74. The van der Waals surface area contributed by atoms with Gasteiger partial charge in [0.2, 0.25) is 5.95 Å². The lowest BCUT2D eigenvalue weighted by atomic mass is 10.1. The van der Waals surface area contributed by atoms with E-state index in [0.717, 1.165) is 64.0 Å². The lowest BCUT2D eigenvalue weighted by Gasteiger charge is -2.34. The average molecular weight is 565 g/mol. The highest BCUT2D eigenvalue weighted by molar-refractivity contribution is 7.96. The number of halogens is 4. The molecule has 0 unspecified atom stereocenters. The lowest BCUT2D eigenvalue weighted by molar-refractivity contribution is -0.137. The molecule has 0 amide bonds. The number of aryl methyl sites for hydroxylation is 1. The van der Waals surface area contributed by atoms with Crippen molar-refractivity contribution in [2.24, 2.45) is 0 Å². The first-order valence-corrected chi connectivity index (χ1v) is 14.1. The monoisotopic (exact) mass is 564 g/mol. The summed E-state index contributed by atoms with van der Waals surface area (Å²) in [4.78, 5) is 16.9. The van der Waals surface area contributed by atoms with Crippen LogP contribution in [0.4, 0.5) is 29.2 Å². The SMILES string of the molecule is CSN1CCC(Nc2ncc(C(F)(F)F)c(-c3cn(-c4ccc(N5CCN(C)CC5)cc4F)c(C)n3)n2)CC1. The van der Waals surface area contributed by atoms with E-state index in [4.69, 9.17) is 0 Å². The van der Waals surface area contributed by atoms with Crippen molar-refractivity contribution < 1.29 is 17.6 Å². The molecular weight excluding hydrogens is 532 g/mol. The minimum Gasteiger partial charge on any atom is -0.369 e. The number of hydrogen-bond acceptors (Lipinski definition) is 8. The largest absolute Gasteiger partial charge is 0.420 e. The smallest absolute Gasteiger partial charge is 0.369 e. The summed E-state index contributed by atoms with van der Waals surface area (Å²) in [6, 6.07) is 5.00. The number of aromatic nitrogens is 4. The fourth-order valence-corrected chi connectivity index (χ4v) is 5.58. The predicted octanol–water partition coefficient (Wildman–Crippen LogP) is 4.70. The molecule has 2 aliphatic heterocycles. The Labute approximate surface area is 229 Å². The molecule has 2 fully saturated rings. The van der Waals surface area contributed by atoms with Gasteiger partial charge in [0.1, 0.15) is 28.6 Å². The first kappa shape index (κ1) is 27.7. The summed E-state index contributed by atoms with van der Waals surface area (Å²) >= 11 is 1.68. The molecular formula is C26H32F4N8S. The molecule has 3 aromatic rings. The standard InChI is InChI=1S/C26H32F4N8S/c1-17-32-22(16-38(17)23-5-4-19(14-21(23)27)36-12-10-35(2)11-13-36)24-20(26(28,29)30)15-31-25(34-24)33-18-6-8-37(39-3)9-7-18/h4-5,14-16,18H,6-13H2,1-3H3,(H,31,33,34). The maximum Gasteiger partial charge on any atom is 0.420 e. The zero-order valence-electron chi connectivity index (χ0n) is 22.2. The van der Waals surface area contributed by atoms with Gasteiger partial charge in [-0.05, 0) is 51.3 Å². The van der Waals surface area contributed by atoms with Crippen molar-refractivity contribution in [1.29, 1.82) is 0 Å². The Balaban J connectivity index is 1.43. The Bertz CT molecular complexity index is 1300. The second-order valence-corrected chi connectivity index (χ2v) is 10.8. The molecule has 0 atom stereocenters. The highest BCUT2D eigenvalue weighted by atomic mass is 32.2. The van der Waals surface area contributed by atoms with Gasteiger partial charge in [0.05, 0.1) is 5.69 Å². The molecule has 2 aliphatic rings. The summed E-state index contributed by atoms with van der Waals surface area (Å²) < 4.78 is 60.8. The summed E-state index contributed by atoms with van der Waals surface area (Å²) in [6.07, 6.45) is 1.21. The van der Waals surface area contributed by atoms with Crippen LogP contribution < -0.4 is 10.2 Å². The summed E-state index contributed by atoms with van der Waals surface area (Å²) in [5, 5.41) is 3.19. The van der Waals surface area contributed by atoms with Crippen LogP contribution in [0, 0.1) is 12.7 Å². The third-order valence-electron chi connectivity index (χ3n) is 7.32. The van der Waals surface area contributed by atoms with Gasteiger partial charge >= 0.3 is 6.18 Å². The van der Waals surface area contributed by atoms with Crippen LogP contribution in [-0.2, 0) is 6.18 Å². The quantitative estimate of drug-likeness (QED) is 0.342. The first-order valence-electron chi connectivity index (χ1n) is 12.9. The van der Waals surface area contributed by atoms with Crippen molar-refractivity contribution in [3.05, 3.63) is 47.8 Å². The molecule has 4 heterocycles. The van der Waals surface area contributed by atoms with Crippen molar-refractivity contribution >= 4 is 23.6 Å². The second-order valence-electron chi connectivity index (χ2n) is 9.95. The number of likely N-dealkylation sites (N-methyl/N-ethyl adjacent to an activating group) is 1. The topological polar surface area (TPSA) is 65.4 Å². The van der Waals surface area contributed by atoms with Crippen LogP contribution in [0.1, 0.15) is 24.2 Å². The third-order valence-corrected chi connectivity index (χ3v) is 8.21. The van der Waals surface area contributed by atoms with Crippen molar-refractivity contribution in [2.75, 3.05) is 62.8 Å². The normalized spacial score (nSPS) is 18.1. The molecule has 0 bridgehead atoms. The van der Waals surface area contributed by atoms with E-state index in [1.807, 2.05) is 12.3 Å². The predicted molar refractivity (Wildman–Crippen MR) is 146 cm³/mol. The second kappa shape index (κ2) is 11.3. The van der Waals surface area contributed by atoms with Gasteiger partial charge in [-0.2, -0.15) is 13.2 Å². The minimum atomic E-state index is -4.68. The first-order chi connectivity index (χ1) is 18.6. The Hall–Kier alpha value is -2.90. The molecule has 2 saturated heterocycles. The molecule has 210 valence electrons. The number of rotatable bonds is 6. The summed E-state index contributed by atoms with van der Waals surface area (Å²) in [7, 11) is 2.05. The van der Waals surface area contributed by atoms with Crippen LogP contribution >= 0.6 is 11.9 Å². The molecule has 5 rings (SSSR count). The average Bonchev–Trinajstić information content (AvgIpc) is 3.30. The van der Waals surface area contributed by atoms with E-state index < -0.39 is 17.6 Å². The van der Waals surface area contributed by atoms with Gasteiger partial charge in [-0.15, -0.1) is 0 Å². The van der Waals surface area contributed by atoms with Gasteiger partial charge in [-0.3, -0.25) is 4.31 Å². The van der Waals surface area contributed by atoms with Crippen molar-refractivity contribution in [2.45, 2.75) is 32.0 Å². The molecule has 2 aromatic heterocycles. The van der Waals surface area contributed by atoms with Gasteiger partial charge in [0.25, 0.3) is 0 Å². The van der Waals surface area contributed by atoms with Crippen LogP contribution in [0.25, 0.3) is 17.1 Å². The van der Waals surface area contributed by atoms with E-state index in [9.17, 15) is 13.2 Å². The number of nitrogens with zero attached hydrogens (tertiary/aromatic N) is 7. The van der Waals surface area contributed by atoms with Gasteiger partial charge in [0, 0.05) is 63.4 Å². The number of imidazole rings is 1. The van der Waals surface area contributed by atoms with Crippen LogP contribution in [0.3, 0.4) is 0 Å². The van der Waals surface area contributed by atoms with Crippen molar-refractivity contribution in [1.82, 2.24) is 28.7 Å². The zero-order valence-corrected chi connectivity index (χ0v) is 23.0. The van der Waals surface area contributed by atoms with Crippen LogP contribution in [0.2, 0.25) is 0 Å². The molecule has 0 aliphatic carbocycles. The van der Waals surface area contributed by atoms with Crippen LogP contribution in [-0.4, -0.2) is 87.3 Å². The molecule has 1 aromatic carbocycles. The van der Waals surface area contributed by atoms with E-state index in [1.165, 1.54) is 16.8 Å². The molecule has 0 radical (unpaired) electrons. The third kappa shape index (κ3) is 6.15. The maximum absolute atomic E-state index is 15.3. The van der Waals surface area contributed by atoms with Gasteiger partial charge < -0.3 is 19.7 Å². The van der Waals surface area contributed by atoms with Gasteiger partial charge in [-0.1, -0.05) is 11.9 Å². The van der Waals surface area contributed by atoms with Crippen LogP contribution in [0.15, 0.2) is 30.6 Å². The highest BCUT2D eigenvalue weighted by Crippen LogP contribution is 2.36. The fourth-order valence-electron chi connectivity index (χ4n) is 5.00. The van der Waals surface area contributed by atoms with E-state index in [0.29, 0.717) is 5.82 Å². The number of benzene rings is 1. The van der Waals surface area contributed by atoms with Gasteiger partial charge in [0.15, 0.2) is 0 Å². The fraction of sp³-hybridized carbons (Fsp3) is 0.500. The minimum absolute atomic E-state index is 0.00465. The number of nitrogens with one attached hydrogen (secondary N) is 1. The highest BCUT2D eigenvalue weighted by Gasteiger charge is 2.36. The number of alkyl halides is 3. The van der Waals surface area contributed by atoms with E-state index in [-0.39, 0.29) is 29.1 Å². The summed E-state index contributed by atoms with van der Waals surface area (Å²) in [5.74, 6) is -0.00593. The molecule has 13 heteroatoms. The Kier molecular flexibility index (Phi) is 8.01. The Morgan fingerprint density at radius 1 is 1.03 bits per heavy atom. The van der Waals surface area contributed by atoms with Crippen molar-refractivity contribution in [3.63, 3.8) is 0 Å². The van der Waals surface area contributed by atoms with Gasteiger partial charge in [-0.25, -0.2) is 19.3 Å². The van der Waals surface area contributed by atoms with E-state index >= 15 is 4.39 Å². The summed E-state index contributed by atoms with van der Waals surface area (Å²) in [5.41, 5.74) is -0.328. The number of anilines is 2. The maximum atomic E-state index is 15.3. The Morgan fingerprint density at radius 3 is 2.38 bits per heavy atom. The molecule has 8 nitrogen and oxygen atoms in total.